The third kappa shape index (κ3) is 3.87. The van der Waals surface area contributed by atoms with Gasteiger partial charge >= 0.3 is 5.97 Å². The highest BCUT2D eigenvalue weighted by atomic mass is 16.5. The number of nitrogens with zero attached hydrogens (tertiary/aromatic N) is 4. The van der Waals surface area contributed by atoms with Gasteiger partial charge in [0.2, 0.25) is 0 Å². The minimum absolute atomic E-state index is 0.0309. The van der Waals surface area contributed by atoms with Crippen LogP contribution in [0.2, 0.25) is 0 Å². The van der Waals surface area contributed by atoms with Crippen LogP contribution in [0.15, 0.2) is 11.4 Å². The molecule has 0 bridgehead atoms. The molecule has 0 N–H and O–H groups in total. The maximum atomic E-state index is 11.4. The molecule has 1 rings (SSSR count). The summed E-state index contributed by atoms with van der Waals surface area (Å²) in [6, 6.07) is 3.78. The summed E-state index contributed by atoms with van der Waals surface area (Å²) < 4.78 is 9.94. The Kier molecular flexibility index (Phi) is 6.34. The lowest BCUT2D eigenvalue weighted by atomic mass is 10.3. The molecule has 0 aliphatic carbocycles. The van der Waals surface area contributed by atoms with Gasteiger partial charge < -0.3 is 19.3 Å². The van der Waals surface area contributed by atoms with Crippen LogP contribution in [0.4, 0.5) is 0 Å². The molecule has 0 amide bonds. The summed E-state index contributed by atoms with van der Waals surface area (Å²) >= 11 is 0. The molecule has 0 spiro atoms. The first kappa shape index (κ1) is 15.8. The van der Waals surface area contributed by atoms with E-state index in [1.807, 2.05) is 21.9 Å². The lowest BCUT2D eigenvalue weighted by Crippen LogP contribution is -2.28. The van der Waals surface area contributed by atoms with Crippen LogP contribution in [-0.4, -0.2) is 55.9 Å². The number of hydrogen-bond acceptors (Lipinski definition) is 7. The van der Waals surface area contributed by atoms with Crippen molar-refractivity contribution in [3.05, 3.63) is 11.4 Å². The molecule has 1 fully saturated rings. The van der Waals surface area contributed by atoms with Crippen molar-refractivity contribution < 1.29 is 14.3 Å². The maximum absolute atomic E-state index is 11.4. The number of ether oxygens (including phenoxy) is 2. The van der Waals surface area contributed by atoms with Crippen LogP contribution in [0, 0.1) is 22.7 Å². The van der Waals surface area contributed by atoms with Gasteiger partial charge in [0.05, 0.1) is 13.0 Å². The van der Waals surface area contributed by atoms with Crippen molar-refractivity contribution in [2.24, 2.45) is 0 Å². The van der Waals surface area contributed by atoms with E-state index in [0.29, 0.717) is 38.8 Å². The van der Waals surface area contributed by atoms with E-state index >= 15 is 0 Å². The molecule has 0 aromatic heterocycles. The van der Waals surface area contributed by atoms with E-state index in [1.54, 1.807) is 14.0 Å². The molecule has 0 aromatic carbocycles. The van der Waals surface area contributed by atoms with Gasteiger partial charge in [-0.25, -0.2) is 0 Å². The molecule has 0 aromatic rings. The van der Waals surface area contributed by atoms with Crippen LogP contribution in [0.3, 0.4) is 0 Å². The predicted molar refractivity (Wildman–Crippen MR) is 69.7 cm³/mol. The second kappa shape index (κ2) is 8.03. The minimum atomic E-state index is -0.285. The average Bonchev–Trinajstić information content (AvgIpc) is 2.82. The highest BCUT2D eigenvalue weighted by Crippen LogP contribution is 2.22. The van der Waals surface area contributed by atoms with Gasteiger partial charge in [-0.2, -0.15) is 10.5 Å². The smallest absolute Gasteiger partial charge is 0.307 e. The number of carbonyl (C=O) groups excluding carboxylic acids is 1. The molecule has 1 heterocycles. The Hall–Kier alpha value is -2.25. The Bertz CT molecular complexity index is 445. The van der Waals surface area contributed by atoms with Gasteiger partial charge in [0.1, 0.15) is 24.7 Å². The number of carbonyl (C=O) groups is 1. The molecule has 0 unspecified atom stereocenters. The van der Waals surface area contributed by atoms with Crippen molar-refractivity contribution >= 4 is 5.97 Å². The van der Waals surface area contributed by atoms with Gasteiger partial charge in [-0.15, -0.1) is 0 Å². The normalized spacial score (nSPS) is 13.9. The molecule has 108 valence electrons. The van der Waals surface area contributed by atoms with E-state index in [4.69, 9.17) is 20.0 Å². The monoisotopic (exact) mass is 278 g/mol. The lowest BCUT2D eigenvalue weighted by molar-refractivity contribution is -0.143. The molecule has 7 nitrogen and oxygen atoms in total. The van der Waals surface area contributed by atoms with E-state index in [1.165, 1.54) is 0 Å². The molecule has 1 aliphatic heterocycles. The molecular weight excluding hydrogens is 260 g/mol. The Balaban J connectivity index is 2.81. The van der Waals surface area contributed by atoms with Gasteiger partial charge in [-0.3, -0.25) is 4.79 Å². The quantitative estimate of drug-likeness (QED) is 0.513. The zero-order chi connectivity index (χ0) is 15.0. The van der Waals surface area contributed by atoms with E-state index in [9.17, 15) is 4.79 Å². The number of rotatable bonds is 6. The van der Waals surface area contributed by atoms with Crippen LogP contribution >= 0.6 is 0 Å². The molecule has 0 radical (unpaired) electrons. The predicted octanol–water partition coefficient (Wildman–Crippen LogP) is 0.420. The Morgan fingerprint density at radius 3 is 2.50 bits per heavy atom. The number of esters is 1. The van der Waals surface area contributed by atoms with Gasteiger partial charge in [-0.1, -0.05) is 0 Å². The fourth-order valence-corrected chi connectivity index (χ4v) is 2.05. The Morgan fingerprint density at radius 1 is 1.30 bits per heavy atom. The van der Waals surface area contributed by atoms with Crippen LogP contribution in [0.25, 0.3) is 0 Å². The van der Waals surface area contributed by atoms with Crippen LogP contribution in [-0.2, 0) is 14.3 Å². The molecule has 0 saturated carbocycles. The van der Waals surface area contributed by atoms with E-state index in [2.05, 4.69) is 0 Å². The highest BCUT2D eigenvalue weighted by Gasteiger charge is 2.28. The molecule has 0 atom stereocenters. The van der Waals surface area contributed by atoms with Crippen molar-refractivity contribution in [3.63, 3.8) is 0 Å². The fourth-order valence-electron chi connectivity index (χ4n) is 2.05. The average molecular weight is 278 g/mol. The van der Waals surface area contributed by atoms with Crippen LogP contribution in [0.1, 0.15) is 13.3 Å². The summed E-state index contributed by atoms with van der Waals surface area (Å²) in [5, 5.41) is 18.1. The first-order valence-corrected chi connectivity index (χ1v) is 6.36. The maximum Gasteiger partial charge on any atom is 0.307 e. The lowest BCUT2D eigenvalue weighted by Gasteiger charge is -2.23. The second-order valence-electron chi connectivity index (χ2n) is 4.15. The van der Waals surface area contributed by atoms with Gasteiger partial charge in [0.25, 0.3) is 0 Å². The second-order valence-corrected chi connectivity index (χ2v) is 4.15. The van der Waals surface area contributed by atoms with Gasteiger partial charge in [0, 0.05) is 26.7 Å². The van der Waals surface area contributed by atoms with Crippen molar-refractivity contribution in [2.45, 2.75) is 13.3 Å². The molecule has 20 heavy (non-hydrogen) atoms. The zero-order valence-corrected chi connectivity index (χ0v) is 11.8. The van der Waals surface area contributed by atoms with Crippen LogP contribution < -0.4 is 0 Å². The topological polar surface area (TPSA) is 89.6 Å². The van der Waals surface area contributed by atoms with E-state index in [0.717, 1.165) is 0 Å². The first-order valence-electron chi connectivity index (χ1n) is 6.36. The van der Waals surface area contributed by atoms with E-state index in [-0.39, 0.29) is 18.0 Å². The number of methoxy groups -OCH3 is 1. The molecule has 7 heteroatoms. The number of allylic oxidation sites excluding steroid dienone is 1. The Labute approximate surface area is 118 Å². The number of nitriles is 2. The van der Waals surface area contributed by atoms with E-state index < -0.39 is 0 Å². The standard InChI is InChI=1S/C13H18N4O3/c1-3-20-12(18)4-5-16-6-7-17(10-19-2)13(16)11(8-14)9-15/h3-7,10H2,1-2H3. The first-order chi connectivity index (χ1) is 9.67. The fraction of sp³-hybridized carbons (Fsp3) is 0.615. The van der Waals surface area contributed by atoms with Crippen molar-refractivity contribution in [1.82, 2.24) is 9.80 Å². The van der Waals surface area contributed by atoms with Crippen molar-refractivity contribution in [3.8, 4) is 12.1 Å². The molecular formula is C13H18N4O3. The summed E-state index contributed by atoms with van der Waals surface area (Å²) in [7, 11) is 1.55. The third-order valence-corrected chi connectivity index (χ3v) is 2.86. The van der Waals surface area contributed by atoms with Crippen molar-refractivity contribution in [2.75, 3.05) is 40.1 Å². The SMILES string of the molecule is CCOC(=O)CCN1CCN(COC)C1=C(C#N)C#N. The molecule has 1 saturated heterocycles. The Morgan fingerprint density at radius 2 is 1.95 bits per heavy atom. The number of hydrogen-bond donors (Lipinski definition) is 0. The summed E-state index contributed by atoms with van der Waals surface area (Å²) in [4.78, 5) is 15.0. The van der Waals surface area contributed by atoms with Crippen molar-refractivity contribution in [1.29, 1.82) is 10.5 Å². The summed E-state index contributed by atoms with van der Waals surface area (Å²) in [6.45, 7) is 4.12. The summed E-state index contributed by atoms with van der Waals surface area (Å²) in [5.74, 6) is 0.244. The largest absolute Gasteiger partial charge is 0.466 e. The van der Waals surface area contributed by atoms with Crippen LogP contribution in [0.5, 0.6) is 0 Å². The third-order valence-electron chi connectivity index (χ3n) is 2.86. The molecule has 1 aliphatic rings. The van der Waals surface area contributed by atoms with Gasteiger partial charge in [-0.05, 0) is 6.92 Å². The minimum Gasteiger partial charge on any atom is -0.466 e. The summed E-state index contributed by atoms with van der Waals surface area (Å²) in [5.41, 5.74) is 0.0309. The summed E-state index contributed by atoms with van der Waals surface area (Å²) in [6.07, 6.45) is 0.225. The highest BCUT2D eigenvalue weighted by molar-refractivity contribution is 5.69. The zero-order valence-electron chi connectivity index (χ0n) is 11.8. The van der Waals surface area contributed by atoms with Gasteiger partial charge in [0.15, 0.2) is 5.57 Å².